The first kappa shape index (κ1) is 19.5. The number of halogens is 3. The number of aliphatic hydroxyl groups is 1. The number of rotatable bonds is 5. The molecular formula is C18H14F3N7O2. The zero-order valence-corrected chi connectivity index (χ0v) is 15.1. The summed E-state index contributed by atoms with van der Waals surface area (Å²) >= 11 is 0. The topological polar surface area (TPSA) is 122 Å². The van der Waals surface area contributed by atoms with Gasteiger partial charge in [0.2, 0.25) is 0 Å². The van der Waals surface area contributed by atoms with Gasteiger partial charge >= 0.3 is 6.18 Å². The van der Waals surface area contributed by atoms with Crippen molar-refractivity contribution in [3.8, 4) is 16.9 Å². The van der Waals surface area contributed by atoms with Crippen LogP contribution in [0.5, 0.6) is 0 Å². The summed E-state index contributed by atoms with van der Waals surface area (Å²) in [6.45, 7) is -1.53. The third kappa shape index (κ3) is 3.98. The molecule has 1 unspecified atom stereocenters. The van der Waals surface area contributed by atoms with E-state index in [4.69, 9.17) is 0 Å². The molecule has 9 nitrogen and oxygen atoms in total. The lowest BCUT2D eigenvalue weighted by Gasteiger charge is -2.13. The molecule has 0 aromatic carbocycles. The van der Waals surface area contributed by atoms with Crippen molar-refractivity contribution in [3.05, 3.63) is 54.9 Å². The minimum Gasteiger partial charge on any atom is -0.378 e. The first-order valence-electron chi connectivity index (χ1n) is 8.64. The second-order valence-electron chi connectivity index (χ2n) is 6.32. The maximum absolute atomic E-state index is 12.2. The lowest BCUT2D eigenvalue weighted by Crippen LogP contribution is -2.36. The van der Waals surface area contributed by atoms with Crippen LogP contribution in [0.4, 0.5) is 13.2 Å². The highest BCUT2D eigenvalue weighted by Crippen LogP contribution is 2.25. The van der Waals surface area contributed by atoms with Crippen LogP contribution in [0, 0.1) is 0 Å². The molecular weight excluding hydrogens is 403 g/mol. The summed E-state index contributed by atoms with van der Waals surface area (Å²) in [6, 6.07) is 4.68. The second kappa shape index (κ2) is 7.55. The molecule has 30 heavy (non-hydrogen) atoms. The fourth-order valence-corrected chi connectivity index (χ4v) is 2.80. The van der Waals surface area contributed by atoms with Crippen LogP contribution in [-0.2, 0) is 4.79 Å². The van der Waals surface area contributed by atoms with Crippen molar-refractivity contribution >= 4 is 17.1 Å². The Hall–Kier alpha value is -3.80. The van der Waals surface area contributed by atoms with Crippen LogP contribution in [0.25, 0.3) is 28.1 Å². The van der Waals surface area contributed by atoms with Crippen LogP contribution in [0.2, 0.25) is 0 Å². The Bertz CT molecular complexity index is 1180. The van der Waals surface area contributed by atoms with Crippen LogP contribution in [0.1, 0.15) is 11.7 Å². The van der Waals surface area contributed by atoms with Gasteiger partial charge in [-0.15, -0.1) is 0 Å². The maximum atomic E-state index is 12.2. The number of H-pyrrole nitrogens is 1. The molecule has 4 heterocycles. The highest BCUT2D eigenvalue weighted by molar-refractivity contribution is 5.88. The highest BCUT2D eigenvalue weighted by atomic mass is 19.4. The van der Waals surface area contributed by atoms with Gasteiger partial charge in [0.05, 0.1) is 12.5 Å². The fourth-order valence-electron chi connectivity index (χ4n) is 2.80. The minimum atomic E-state index is -4.56. The summed E-state index contributed by atoms with van der Waals surface area (Å²) in [5.74, 6) is -0.774. The third-order valence-corrected chi connectivity index (χ3v) is 4.25. The van der Waals surface area contributed by atoms with Crippen LogP contribution >= 0.6 is 0 Å². The number of fused-ring (bicyclic) bond motifs is 1. The van der Waals surface area contributed by atoms with Crippen molar-refractivity contribution in [2.24, 2.45) is 0 Å². The van der Waals surface area contributed by atoms with Crippen molar-refractivity contribution in [3.63, 3.8) is 0 Å². The van der Waals surface area contributed by atoms with Crippen molar-refractivity contribution in [2.75, 3.05) is 6.54 Å². The lowest BCUT2D eigenvalue weighted by molar-refractivity contribution is -0.143. The van der Waals surface area contributed by atoms with Crippen molar-refractivity contribution < 1.29 is 23.1 Å². The van der Waals surface area contributed by atoms with Gasteiger partial charge < -0.3 is 15.4 Å². The summed E-state index contributed by atoms with van der Waals surface area (Å²) in [7, 11) is 0. The first-order valence-corrected chi connectivity index (χ1v) is 8.64. The minimum absolute atomic E-state index is 0.0539. The smallest absolute Gasteiger partial charge is 0.378 e. The van der Waals surface area contributed by atoms with Gasteiger partial charge in [0.25, 0.3) is 5.91 Å². The molecule has 0 aliphatic rings. The Balaban J connectivity index is 1.51. The largest absolute Gasteiger partial charge is 0.405 e. The van der Waals surface area contributed by atoms with E-state index in [-0.39, 0.29) is 5.56 Å². The van der Waals surface area contributed by atoms with E-state index in [1.165, 1.54) is 23.0 Å². The number of nitrogens with zero attached hydrogens (tertiary/aromatic N) is 5. The van der Waals surface area contributed by atoms with E-state index >= 15 is 0 Å². The number of aliphatic hydroxyl groups excluding tert-OH is 1. The van der Waals surface area contributed by atoms with E-state index in [9.17, 15) is 23.1 Å². The number of carbonyl (C=O) groups is 1. The SMILES string of the molecule is O=C(NCC(F)(F)F)C(O)c1ccc(-n2cc(-c3ccnc4[nH]cnc34)cn2)nc1. The number of aromatic amines is 1. The molecule has 0 bridgehead atoms. The van der Waals surface area contributed by atoms with Crippen LogP contribution < -0.4 is 5.32 Å². The van der Waals surface area contributed by atoms with Crippen molar-refractivity contribution in [1.29, 1.82) is 0 Å². The molecule has 3 N–H and O–H groups in total. The molecule has 0 aliphatic heterocycles. The Labute approximate surface area is 166 Å². The van der Waals surface area contributed by atoms with Gasteiger partial charge in [-0.3, -0.25) is 4.79 Å². The second-order valence-corrected chi connectivity index (χ2v) is 6.32. The summed E-state index contributed by atoms with van der Waals surface area (Å²) in [6.07, 6.45) is 1.40. The Kier molecular flexibility index (Phi) is 4.91. The number of pyridine rings is 2. The van der Waals surface area contributed by atoms with Gasteiger partial charge in [0.1, 0.15) is 12.1 Å². The normalized spacial score (nSPS) is 12.8. The van der Waals surface area contributed by atoms with Crippen LogP contribution in [-0.4, -0.2) is 53.5 Å². The van der Waals surface area contributed by atoms with Gasteiger partial charge in [-0.1, -0.05) is 6.07 Å². The molecule has 0 saturated heterocycles. The zero-order valence-electron chi connectivity index (χ0n) is 15.1. The molecule has 0 spiro atoms. The number of hydrogen-bond acceptors (Lipinski definition) is 6. The Morgan fingerprint density at radius 3 is 2.77 bits per heavy atom. The molecule has 0 radical (unpaired) electrons. The van der Waals surface area contributed by atoms with Crippen LogP contribution in [0.3, 0.4) is 0 Å². The highest BCUT2D eigenvalue weighted by Gasteiger charge is 2.29. The number of alkyl halides is 3. The molecule has 0 fully saturated rings. The maximum Gasteiger partial charge on any atom is 0.405 e. The van der Waals surface area contributed by atoms with E-state index in [2.05, 4.69) is 25.0 Å². The molecule has 1 atom stereocenters. The van der Waals surface area contributed by atoms with E-state index in [1.54, 1.807) is 36.3 Å². The molecule has 12 heteroatoms. The van der Waals surface area contributed by atoms with E-state index in [0.29, 0.717) is 17.0 Å². The number of nitrogens with one attached hydrogen (secondary N) is 2. The van der Waals surface area contributed by atoms with E-state index in [1.807, 2.05) is 0 Å². The van der Waals surface area contributed by atoms with Gasteiger partial charge in [-0.2, -0.15) is 18.3 Å². The third-order valence-electron chi connectivity index (χ3n) is 4.25. The summed E-state index contributed by atoms with van der Waals surface area (Å²) < 4.78 is 38.0. The predicted molar refractivity (Wildman–Crippen MR) is 98.3 cm³/mol. The van der Waals surface area contributed by atoms with Gasteiger partial charge in [0, 0.05) is 35.3 Å². The fraction of sp³-hybridized carbons (Fsp3) is 0.167. The standard InChI is InChI=1S/C18H14F3N7O2/c19-18(20,21)8-24-17(30)15(29)10-1-2-13(23-5-10)28-7-11(6-27-28)12-3-4-22-16-14(12)25-9-26-16/h1-7,9,15,29H,8H2,(H,24,30)(H,22,25,26). The molecule has 4 aromatic heterocycles. The molecule has 154 valence electrons. The number of hydrogen-bond donors (Lipinski definition) is 3. The van der Waals surface area contributed by atoms with Crippen molar-refractivity contribution in [2.45, 2.75) is 12.3 Å². The van der Waals surface area contributed by atoms with E-state index < -0.39 is 24.7 Å². The average molecular weight is 417 g/mol. The zero-order chi connectivity index (χ0) is 21.3. The number of imidazole rings is 1. The van der Waals surface area contributed by atoms with Gasteiger partial charge in [0.15, 0.2) is 17.6 Å². The Morgan fingerprint density at radius 2 is 2.03 bits per heavy atom. The summed E-state index contributed by atoms with van der Waals surface area (Å²) in [5, 5.41) is 15.8. The number of aromatic nitrogens is 6. The van der Waals surface area contributed by atoms with E-state index in [0.717, 1.165) is 11.1 Å². The monoisotopic (exact) mass is 417 g/mol. The van der Waals surface area contributed by atoms with Crippen LogP contribution in [0.15, 0.2) is 49.3 Å². The average Bonchev–Trinajstić information content (AvgIpc) is 3.40. The molecule has 4 aromatic rings. The number of carbonyl (C=O) groups excluding carboxylic acids is 1. The molecule has 0 aliphatic carbocycles. The Morgan fingerprint density at radius 1 is 1.20 bits per heavy atom. The molecule has 0 saturated carbocycles. The molecule has 1 amide bonds. The molecule has 4 rings (SSSR count). The number of amides is 1. The van der Waals surface area contributed by atoms with Gasteiger partial charge in [-0.25, -0.2) is 19.6 Å². The first-order chi connectivity index (χ1) is 14.3. The van der Waals surface area contributed by atoms with Crippen molar-refractivity contribution in [1.82, 2.24) is 35.0 Å². The quantitative estimate of drug-likeness (QED) is 0.456. The lowest BCUT2D eigenvalue weighted by atomic mass is 10.1. The summed E-state index contributed by atoms with van der Waals surface area (Å²) in [4.78, 5) is 27.2. The van der Waals surface area contributed by atoms with Gasteiger partial charge in [-0.05, 0) is 12.1 Å². The summed E-state index contributed by atoms with van der Waals surface area (Å²) in [5.41, 5.74) is 2.97. The predicted octanol–water partition coefficient (Wildman–Crippen LogP) is 1.92.